The molecule has 0 saturated carbocycles. The van der Waals surface area contributed by atoms with E-state index in [-0.39, 0.29) is 6.04 Å². The highest BCUT2D eigenvalue weighted by atomic mass is 16.5. The van der Waals surface area contributed by atoms with Crippen molar-refractivity contribution < 1.29 is 4.74 Å². The average molecular weight is 233 g/mol. The Morgan fingerprint density at radius 1 is 1.35 bits per heavy atom. The zero-order chi connectivity index (χ0) is 12.7. The van der Waals surface area contributed by atoms with E-state index in [1.807, 2.05) is 19.1 Å². The molecule has 0 aromatic heterocycles. The fraction of sp³-hybridized carbons (Fsp3) is 0.467. The van der Waals surface area contributed by atoms with E-state index < -0.39 is 0 Å². The molecule has 0 aliphatic rings. The second-order valence-electron chi connectivity index (χ2n) is 4.28. The number of likely N-dealkylation sites (N-methyl/N-ethyl adjacent to an activating group) is 1. The Balaban J connectivity index is 2.92. The van der Waals surface area contributed by atoms with Crippen LogP contribution < -0.4 is 10.1 Å². The van der Waals surface area contributed by atoms with Crippen molar-refractivity contribution in [1.82, 2.24) is 5.32 Å². The van der Waals surface area contributed by atoms with Gasteiger partial charge in [0.25, 0.3) is 0 Å². The minimum atomic E-state index is 0.269. The van der Waals surface area contributed by atoms with Gasteiger partial charge in [-0.15, -0.1) is 0 Å². The molecule has 0 aliphatic carbocycles. The summed E-state index contributed by atoms with van der Waals surface area (Å²) < 4.78 is 5.53. The number of ether oxygens (including phenoxy) is 1. The second-order valence-corrected chi connectivity index (χ2v) is 4.28. The van der Waals surface area contributed by atoms with Gasteiger partial charge in [-0.3, -0.25) is 0 Å². The molecule has 0 bridgehead atoms. The maximum Gasteiger partial charge on any atom is 0.119 e. The van der Waals surface area contributed by atoms with Gasteiger partial charge >= 0.3 is 0 Å². The highest BCUT2D eigenvalue weighted by Crippen LogP contribution is 2.21. The lowest BCUT2D eigenvalue weighted by Crippen LogP contribution is -2.19. The molecule has 0 heterocycles. The van der Waals surface area contributed by atoms with E-state index in [1.54, 1.807) is 0 Å². The summed E-state index contributed by atoms with van der Waals surface area (Å²) in [5.74, 6) is 0.940. The third-order valence-electron chi connectivity index (χ3n) is 2.45. The molecule has 0 spiro atoms. The third-order valence-corrected chi connectivity index (χ3v) is 2.45. The molecule has 0 fully saturated rings. The van der Waals surface area contributed by atoms with Gasteiger partial charge in [-0.25, -0.2) is 0 Å². The molecular formula is C15H23NO. The fourth-order valence-electron chi connectivity index (χ4n) is 1.79. The normalized spacial score (nSPS) is 12.0. The average Bonchev–Trinajstić information content (AvgIpc) is 2.29. The zero-order valence-corrected chi connectivity index (χ0v) is 11.3. The SMILES string of the molecule is CCNC(C=C(C)C)c1cccc(OCC)c1. The summed E-state index contributed by atoms with van der Waals surface area (Å²) in [4.78, 5) is 0. The van der Waals surface area contributed by atoms with Crippen LogP contribution in [-0.4, -0.2) is 13.2 Å². The topological polar surface area (TPSA) is 21.3 Å². The Morgan fingerprint density at radius 3 is 2.71 bits per heavy atom. The minimum Gasteiger partial charge on any atom is -0.494 e. The van der Waals surface area contributed by atoms with E-state index in [1.165, 1.54) is 11.1 Å². The van der Waals surface area contributed by atoms with E-state index in [0.29, 0.717) is 6.61 Å². The number of benzene rings is 1. The maximum atomic E-state index is 5.53. The Kier molecular flexibility index (Phi) is 5.78. The molecule has 0 aliphatic heterocycles. The first-order chi connectivity index (χ1) is 8.17. The van der Waals surface area contributed by atoms with Crippen molar-refractivity contribution in [3.8, 4) is 5.75 Å². The number of hydrogen-bond donors (Lipinski definition) is 1. The number of hydrogen-bond acceptors (Lipinski definition) is 2. The molecule has 0 amide bonds. The zero-order valence-electron chi connectivity index (χ0n) is 11.3. The number of rotatable bonds is 6. The van der Waals surface area contributed by atoms with Gasteiger partial charge in [0.2, 0.25) is 0 Å². The van der Waals surface area contributed by atoms with Crippen molar-refractivity contribution in [2.24, 2.45) is 0 Å². The molecule has 17 heavy (non-hydrogen) atoms. The van der Waals surface area contributed by atoms with Crippen LogP contribution in [-0.2, 0) is 0 Å². The van der Waals surface area contributed by atoms with Crippen LogP contribution in [0.3, 0.4) is 0 Å². The van der Waals surface area contributed by atoms with Crippen molar-refractivity contribution in [2.45, 2.75) is 33.7 Å². The Morgan fingerprint density at radius 2 is 2.12 bits per heavy atom. The molecule has 1 aromatic carbocycles. The fourth-order valence-corrected chi connectivity index (χ4v) is 1.79. The first-order valence-corrected chi connectivity index (χ1v) is 6.28. The Bertz CT molecular complexity index is 367. The molecule has 1 atom stereocenters. The quantitative estimate of drug-likeness (QED) is 0.756. The van der Waals surface area contributed by atoms with Crippen LogP contribution in [0.5, 0.6) is 5.75 Å². The highest BCUT2D eigenvalue weighted by molar-refractivity contribution is 5.33. The van der Waals surface area contributed by atoms with Gasteiger partial charge in [-0.05, 0) is 45.0 Å². The minimum absolute atomic E-state index is 0.269. The van der Waals surface area contributed by atoms with Gasteiger partial charge in [0, 0.05) is 0 Å². The first kappa shape index (κ1) is 13.8. The molecular weight excluding hydrogens is 210 g/mol. The van der Waals surface area contributed by atoms with Crippen LogP contribution in [0.15, 0.2) is 35.9 Å². The van der Waals surface area contributed by atoms with E-state index >= 15 is 0 Å². The van der Waals surface area contributed by atoms with Crippen molar-refractivity contribution >= 4 is 0 Å². The van der Waals surface area contributed by atoms with Crippen molar-refractivity contribution in [3.63, 3.8) is 0 Å². The molecule has 1 rings (SSSR count). The van der Waals surface area contributed by atoms with Gasteiger partial charge in [-0.1, -0.05) is 30.7 Å². The van der Waals surface area contributed by atoms with Crippen LogP contribution in [0.4, 0.5) is 0 Å². The summed E-state index contributed by atoms with van der Waals surface area (Å²) in [6.45, 7) is 10.0. The largest absolute Gasteiger partial charge is 0.494 e. The van der Waals surface area contributed by atoms with Crippen molar-refractivity contribution in [3.05, 3.63) is 41.5 Å². The van der Waals surface area contributed by atoms with Gasteiger partial charge in [0.05, 0.1) is 12.6 Å². The summed E-state index contributed by atoms with van der Waals surface area (Å²) >= 11 is 0. The van der Waals surface area contributed by atoms with Crippen LogP contribution in [0.25, 0.3) is 0 Å². The van der Waals surface area contributed by atoms with Crippen LogP contribution >= 0.6 is 0 Å². The van der Waals surface area contributed by atoms with E-state index in [2.05, 4.69) is 44.3 Å². The molecule has 2 nitrogen and oxygen atoms in total. The van der Waals surface area contributed by atoms with Gasteiger partial charge in [-0.2, -0.15) is 0 Å². The molecule has 1 unspecified atom stereocenters. The predicted molar refractivity (Wildman–Crippen MR) is 73.5 cm³/mol. The van der Waals surface area contributed by atoms with Crippen molar-refractivity contribution in [2.75, 3.05) is 13.2 Å². The highest BCUT2D eigenvalue weighted by Gasteiger charge is 2.07. The van der Waals surface area contributed by atoms with Crippen LogP contribution in [0.2, 0.25) is 0 Å². The Labute approximate surface area is 105 Å². The lowest BCUT2D eigenvalue weighted by atomic mass is 10.0. The summed E-state index contributed by atoms with van der Waals surface area (Å²) in [5, 5.41) is 3.47. The smallest absolute Gasteiger partial charge is 0.119 e. The summed E-state index contributed by atoms with van der Waals surface area (Å²) in [6.07, 6.45) is 2.24. The number of nitrogens with one attached hydrogen (secondary N) is 1. The molecule has 94 valence electrons. The van der Waals surface area contributed by atoms with Gasteiger partial charge < -0.3 is 10.1 Å². The van der Waals surface area contributed by atoms with Gasteiger partial charge in [0.1, 0.15) is 5.75 Å². The summed E-state index contributed by atoms with van der Waals surface area (Å²) in [6, 6.07) is 8.55. The standard InChI is InChI=1S/C15H23NO/c1-5-16-15(10-12(3)4)13-8-7-9-14(11-13)17-6-2/h7-11,15-16H,5-6H2,1-4H3. The van der Waals surface area contributed by atoms with Crippen LogP contribution in [0.1, 0.15) is 39.3 Å². The molecule has 0 saturated heterocycles. The molecule has 0 radical (unpaired) electrons. The maximum absolute atomic E-state index is 5.53. The molecule has 1 aromatic rings. The van der Waals surface area contributed by atoms with E-state index in [9.17, 15) is 0 Å². The molecule has 2 heteroatoms. The summed E-state index contributed by atoms with van der Waals surface area (Å²) in [7, 11) is 0. The lowest BCUT2D eigenvalue weighted by molar-refractivity contribution is 0.339. The van der Waals surface area contributed by atoms with Crippen LogP contribution in [0, 0.1) is 0 Å². The third kappa shape index (κ3) is 4.61. The Hall–Kier alpha value is -1.28. The van der Waals surface area contributed by atoms with Crippen molar-refractivity contribution in [1.29, 1.82) is 0 Å². The van der Waals surface area contributed by atoms with Gasteiger partial charge in [0.15, 0.2) is 0 Å². The first-order valence-electron chi connectivity index (χ1n) is 6.28. The predicted octanol–water partition coefficient (Wildman–Crippen LogP) is 3.70. The lowest BCUT2D eigenvalue weighted by Gasteiger charge is -2.16. The molecule has 1 N–H and O–H groups in total. The second kappa shape index (κ2) is 7.13. The van der Waals surface area contributed by atoms with E-state index in [4.69, 9.17) is 4.74 Å². The summed E-state index contributed by atoms with van der Waals surface area (Å²) in [5.41, 5.74) is 2.57. The van der Waals surface area contributed by atoms with E-state index in [0.717, 1.165) is 12.3 Å². The monoisotopic (exact) mass is 233 g/mol. The number of allylic oxidation sites excluding steroid dienone is 1.